The molecule has 0 radical (unpaired) electrons. The molecule has 0 spiro atoms. The van der Waals surface area contributed by atoms with E-state index >= 15 is 0 Å². The van der Waals surface area contributed by atoms with Crippen LogP contribution in [0.1, 0.15) is 71.0 Å². The maximum Gasteiger partial charge on any atom is 0.336 e. The number of ether oxygens (including phenoxy) is 3. The van der Waals surface area contributed by atoms with E-state index in [0.717, 1.165) is 49.7 Å². The molecule has 0 saturated heterocycles. The van der Waals surface area contributed by atoms with Gasteiger partial charge in [-0.05, 0) is 33.4 Å². The molecule has 15 nitrogen and oxygen atoms in total. The lowest BCUT2D eigenvalue weighted by Gasteiger charge is -2.30. The first-order valence-corrected chi connectivity index (χ1v) is 19.6. The van der Waals surface area contributed by atoms with Crippen LogP contribution in [0.2, 0.25) is 0 Å². The standard InChI is InChI=1S/C42H48N6O9/c49-37(43-16-22-55-34-25-28-7-1-4-10-31(28)34)13-19-46-40(52)47(20-14-38(50)44-17-23-56-35-26-29-8-2-5-11-32(29)35)42(54)48(41(46)53)21-15-39(51)45-18-24-57-36-27-30-9-3-6-12-33(30)36/h1-12,34-36H,13-27H2,(H,43,49)(H,44,50)(H,45,51). The summed E-state index contributed by atoms with van der Waals surface area (Å²) in [5.41, 5.74) is 4.31. The molecule has 0 saturated carbocycles. The van der Waals surface area contributed by atoms with Gasteiger partial charge in [0.1, 0.15) is 0 Å². The molecule has 7 rings (SSSR count). The number of amides is 3. The van der Waals surface area contributed by atoms with Gasteiger partial charge in [-0.2, -0.15) is 0 Å². The van der Waals surface area contributed by atoms with Crippen LogP contribution in [0.4, 0.5) is 0 Å². The molecule has 0 bridgehead atoms. The van der Waals surface area contributed by atoms with Crippen LogP contribution in [0, 0.1) is 0 Å². The molecule has 3 atom stereocenters. The van der Waals surface area contributed by atoms with E-state index in [1.54, 1.807) is 0 Å². The third kappa shape index (κ3) is 9.50. The largest absolute Gasteiger partial charge is 0.371 e. The van der Waals surface area contributed by atoms with Crippen molar-refractivity contribution in [3.63, 3.8) is 0 Å². The van der Waals surface area contributed by atoms with Crippen molar-refractivity contribution in [3.05, 3.63) is 138 Å². The van der Waals surface area contributed by atoms with Gasteiger partial charge in [-0.25, -0.2) is 28.1 Å². The molecule has 57 heavy (non-hydrogen) atoms. The topological polar surface area (TPSA) is 181 Å². The van der Waals surface area contributed by atoms with Crippen LogP contribution in [0.15, 0.2) is 87.2 Å². The van der Waals surface area contributed by atoms with Gasteiger partial charge < -0.3 is 30.2 Å². The van der Waals surface area contributed by atoms with Gasteiger partial charge in [0, 0.05) is 77.8 Å². The normalized spacial score (nSPS) is 17.2. The van der Waals surface area contributed by atoms with Gasteiger partial charge in [0.25, 0.3) is 0 Å². The minimum absolute atomic E-state index is 0.0157. The number of carbonyl (C=O) groups excluding carboxylic acids is 3. The molecule has 1 aromatic heterocycles. The highest BCUT2D eigenvalue weighted by atomic mass is 16.5. The van der Waals surface area contributed by atoms with Crippen molar-refractivity contribution in [1.82, 2.24) is 29.7 Å². The molecule has 3 aromatic carbocycles. The minimum Gasteiger partial charge on any atom is -0.371 e. The van der Waals surface area contributed by atoms with E-state index in [0.29, 0.717) is 0 Å². The van der Waals surface area contributed by atoms with E-state index in [9.17, 15) is 28.8 Å². The van der Waals surface area contributed by atoms with Crippen LogP contribution in [0.3, 0.4) is 0 Å². The number of hydrogen-bond acceptors (Lipinski definition) is 9. The maximum absolute atomic E-state index is 13.5. The third-order valence-corrected chi connectivity index (χ3v) is 10.7. The quantitative estimate of drug-likeness (QED) is 0.106. The Morgan fingerprint density at radius 1 is 0.474 bits per heavy atom. The van der Waals surface area contributed by atoms with Crippen LogP contribution in [-0.2, 0) is 67.5 Å². The monoisotopic (exact) mass is 780 g/mol. The van der Waals surface area contributed by atoms with Gasteiger partial charge in [-0.1, -0.05) is 72.8 Å². The summed E-state index contributed by atoms with van der Waals surface area (Å²) in [5, 5.41) is 8.23. The molecular weight excluding hydrogens is 732 g/mol. The van der Waals surface area contributed by atoms with E-state index in [4.69, 9.17) is 14.2 Å². The molecule has 15 heteroatoms. The summed E-state index contributed by atoms with van der Waals surface area (Å²) in [6, 6.07) is 24.0. The molecular formula is C42H48N6O9. The zero-order valence-electron chi connectivity index (χ0n) is 31.8. The lowest BCUT2D eigenvalue weighted by Crippen LogP contribution is -2.55. The first-order valence-electron chi connectivity index (χ1n) is 19.6. The number of fused-ring (bicyclic) bond motifs is 3. The fourth-order valence-corrected chi connectivity index (χ4v) is 7.42. The molecule has 3 aliphatic rings. The molecule has 3 N–H and O–H groups in total. The van der Waals surface area contributed by atoms with Crippen LogP contribution in [0.25, 0.3) is 0 Å². The Hall–Kier alpha value is -5.64. The lowest BCUT2D eigenvalue weighted by molar-refractivity contribution is -0.122. The number of benzene rings is 3. The van der Waals surface area contributed by atoms with Crippen molar-refractivity contribution in [3.8, 4) is 0 Å². The summed E-state index contributed by atoms with van der Waals surface area (Å²) in [5.74, 6) is -1.24. The first kappa shape index (κ1) is 39.6. The zero-order chi connectivity index (χ0) is 39.7. The van der Waals surface area contributed by atoms with Crippen molar-refractivity contribution >= 4 is 17.7 Å². The lowest BCUT2D eigenvalue weighted by atomic mass is 9.85. The van der Waals surface area contributed by atoms with Gasteiger partial charge in [0.15, 0.2) is 0 Å². The van der Waals surface area contributed by atoms with Gasteiger partial charge in [0.05, 0.1) is 38.1 Å². The average molecular weight is 781 g/mol. The van der Waals surface area contributed by atoms with E-state index in [1.165, 1.54) is 16.7 Å². The van der Waals surface area contributed by atoms with Gasteiger partial charge in [-0.15, -0.1) is 0 Å². The Bertz CT molecular complexity index is 2000. The van der Waals surface area contributed by atoms with Crippen LogP contribution in [-0.4, -0.2) is 70.9 Å². The zero-order valence-corrected chi connectivity index (χ0v) is 31.8. The fraction of sp³-hybridized carbons (Fsp3) is 0.429. The summed E-state index contributed by atoms with van der Waals surface area (Å²) in [6.07, 6.45) is 1.72. The highest BCUT2D eigenvalue weighted by Crippen LogP contribution is 2.37. The van der Waals surface area contributed by atoms with Crippen molar-refractivity contribution in [2.24, 2.45) is 0 Å². The molecule has 300 valence electrons. The molecule has 1 heterocycles. The summed E-state index contributed by atoms with van der Waals surface area (Å²) in [4.78, 5) is 78.8. The second kappa shape index (κ2) is 18.5. The van der Waals surface area contributed by atoms with Crippen LogP contribution < -0.4 is 33.0 Å². The second-order valence-electron chi connectivity index (χ2n) is 14.4. The summed E-state index contributed by atoms with van der Waals surface area (Å²) in [7, 11) is 0. The van der Waals surface area contributed by atoms with E-state index in [1.807, 2.05) is 54.6 Å². The summed E-state index contributed by atoms with van der Waals surface area (Å²) < 4.78 is 20.0. The summed E-state index contributed by atoms with van der Waals surface area (Å²) >= 11 is 0. The highest BCUT2D eigenvalue weighted by molar-refractivity contribution is 5.76. The number of carbonyl (C=O) groups is 3. The van der Waals surface area contributed by atoms with Gasteiger partial charge >= 0.3 is 17.1 Å². The molecule has 0 aliphatic heterocycles. The Kier molecular flexibility index (Phi) is 12.9. The number of rotatable bonds is 21. The average Bonchev–Trinajstić information content (AvgIpc) is 3.18. The van der Waals surface area contributed by atoms with Crippen molar-refractivity contribution in [2.75, 3.05) is 39.5 Å². The SMILES string of the molecule is O=C(CCn1c(=O)n(CCC(=O)NCCOC2Cc3ccccc32)c(=O)n(CCC(=O)NCCOC2Cc3ccccc32)c1=O)NCCOC1Cc2ccccc21. The number of aromatic nitrogens is 3. The Labute approximate surface area is 328 Å². The Balaban J connectivity index is 0.915. The van der Waals surface area contributed by atoms with E-state index in [2.05, 4.69) is 34.1 Å². The molecule has 3 amide bonds. The molecule has 3 aliphatic carbocycles. The number of hydrogen-bond donors (Lipinski definition) is 3. The Morgan fingerprint density at radius 3 is 1.04 bits per heavy atom. The maximum atomic E-state index is 13.5. The van der Waals surface area contributed by atoms with Crippen molar-refractivity contribution in [1.29, 1.82) is 0 Å². The van der Waals surface area contributed by atoms with Crippen LogP contribution in [0.5, 0.6) is 0 Å². The highest BCUT2D eigenvalue weighted by Gasteiger charge is 2.28. The Morgan fingerprint density at radius 2 is 0.754 bits per heavy atom. The number of nitrogens with zero attached hydrogens (tertiary/aromatic N) is 3. The molecule has 4 aromatic rings. The number of nitrogens with one attached hydrogen (secondary N) is 3. The van der Waals surface area contributed by atoms with Gasteiger partial charge in [-0.3, -0.25) is 14.4 Å². The van der Waals surface area contributed by atoms with Crippen molar-refractivity contribution < 1.29 is 28.6 Å². The molecule has 0 fully saturated rings. The first-order chi connectivity index (χ1) is 27.8. The molecule has 3 unspecified atom stereocenters. The summed E-state index contributed by atoms with van der Waals surface area (Å²) in [6.45, 7) is 0.609. The fourth-order valence-electron chi connectivity index (χ4n) is 7.42. The van der Waals surface area contributed by atoms with E-state index < -0.39 is 34.8 Å². The predicted octanol–water partition coefficient (Wildman–Crippen LogP) is 1.63. The minimum atomic E-state index is -0.944. The van der Waals surface area contributed by atoms with Crippen LogP contribution >= 0.6 is 0 Å². The third-order valence-electron chi connectivity index (χ3n) is 10.7. The van der Waals surface area contributed by atoms with Crippen molar-refractivity contribution in [2.45, 2.75) is 76.5 Å². The predicted molar refractivity (Wildman–Crippen MR) is 209 cm³/mol. The second-order valence-corrected chi connectivity index (χ2v) is 14.4. The van der Waals surface area contributed by atoms with Gasteiger partial charge in [0.2, 0.25) is 17.7 Å². The van der Waals surface area contributed by atoms with E-state index in [-0.39, 0.29) is 96.7 Å². The smallest absolute Gasteiger partial charge is 0.336 e.